The van der Waals surface area contributed by atoms with Crippen LogP contribution < -0.4 is 14.8 Å². The third-order valence-electron chi connectivity index (χ3n) is 4.87. The number of nitrogens with one attached hydrogen (secondary N) is 1. The first-order valence-corrected chi connectivity index (χ1v) is 10.8. The van der Waals surface area contributed by atoms with Crippen LogP contribution in [0.3, 0.4) is 0 Å². The van der Waals surface area contributed by atoms with Crippen molar-refractivity contribution >= 4 is 28.2 Å². The quantitative estimate of drug-likeness (QED) is 0.635. The maximum absolute atomic E-state index is 12.9. The number of hydrogen-bond donors (Lipinski definition) is 1. The van der Waals surface area contributed by atoms with Gasteiger partial charge in [-0.3, -0.25) is 4.79 Å². The van der Waals surface area contributed by atoms with Gasteiger partial charge in [-0.15, -0.1) is 11.3 Å². The fraction of sp³-hybridized carbons (Fsp3) is 0.455. The first-order chi connectivity index (χ1) is 14.1. The van der Waals surface area contributed by atoms with Crippen LogP contribution in [0, 0.1) is 0 Å². The third kappa shape index (κ3) is 4.90. The summed E-state index contributed by atoms with van der Waals surface area (Å²) in [7, 11) is 1.58. The minimum absolute atomic E-state index is 0.278. The molecule has 156 valence electrons. The monoisotopic (exact) mass is 417 g/mol. The van der Waals surface area contributed by atoms with Gasteiger partial charge < -0.3 is 19.5 Å². The molecule has 0 aliphatic heterocycles. The molecule has 6 nitrogen and oxygen atoms in total. The third-order valence-corrected chi connectivity index (χ3v) is 6.08. The minimum atomic E-state index is -0.684. The van der Waals surface area contributed by atoms with Gasteiger partial charge in [0.05, 0.1) is 19.3 Å². The van der Waals surface area contributed by atoms with E-state index in [9.17, 15) is 9.59 Å². The van der Waals surface area contributed by atoms with Crippen LogP contribution >= 0.6 is 11.3 Å². The molecule has 0 spiro atoms. The largest absolute Gasteiger partial charge is 0.497 e. The van der Waals surface area contributed by atoms with Gasteiger partial charge in [-0.1, -0.05) is 13.0 Å². The zero-order valence-corrected chi connectivity index (χ0v) is 17.9. The van der Waals surface area contributed by atoms with Crippen LogP contribution in [0.15, 0.2) is 24.3 Å². The Morgan fingerprint density at radius 1 is 1.17 bits per heavy atom. The Balaban J connectivity index is 1.81. The molecule has 0 radical (unpaired) electrons. The number of anilines is 1. The summed E-state index contributed by atoms with van der Waals surface area (Å²) in [6.45, 7) is 3.97. The van der Waals surface area contributed by atoms with Crippen LogP contribution in [-0.2, 0) is 22.4 Å². The second-order valence-corrected chi connectivity index (χ2v) is 7.92. The zero-order valence-electron chi connectivity index (χ0n) is 17.1. The van der Waals surface area contributed by atoms with E-state index in [4.69, 9.17) is 14.2 Å². The molecule has 2 aromatic rings. The molecule has 0 fully saturated rings. The number of amides is 1. The topological polar surface area (TPSA) is 73.9 Å². The SMILES string of the molecule is CCOC(=O)c1c(NC(=O)[C@@H](CC)Oc2cccc(OC)c2)sc2c1CCCC2. The summed E-state index contributed by atoms with van der Waals surface area (Å²) in [4.78, 5) is 26.7. The molecular weight excluding hydrogens is 390 g/mol. The highest BCUT2D eigenvalue weighted by molar-refractivity contribution is 7.17. The van der Waals surface area contributed by atoms with Crippen LogP contribution in [0.1, 0.15) is 53.9 Å². The number of ether oxygens (including phenoxy) is 3. The Morgan fingerprint density at radius 2 is 1.93 bits per heavy atom. The number of thiophene rings is 1. The molecule has 1 aliphatic rings. The number of carbonyl (C=O) groups is 2. The van der Waals surface area contributed by atoms with Crippen molar-refractivity contribution in [1.82, 2.24) is 0 Å². The van der Waals surface area contributed by atoms with E-state index in [0.29, 0.717) is 35.1 Å². The number of esters is 1. The summed E-state index contributed by atoms with van der Waals surface area (Å²) in [6, 6.07) is 7.15. The maximum atomic E-state index is 12.9. The summed E-state index contributed by atoms with van der Waals surface area (Å²) in [5.74, 6) is 0.569. The molecule has 29 heavy (non-hydrogen) atoms. The number of carbonyl (C=O) groups excluding carboxylic acids is 2. The first kappa shape index (κ1) is 21.2. The lowest BCUT2D eigenvalue weighted by molar-refractivity contribution is -0.122. The van der Waals surface area contributed by atoms with Crippen LogP contribution in [-0.4, -0.2) is 31.7 Å². The van der Waals surface area contributed by atoms with Crippen LogP contribution in [0.5, 0.6) is 11.5 Å². The minimum Gasteiger partial charge on any atom is -0.497 e. The highest BCUT2D eigenvalue weighted by Crippen LogP contribution is 2.38. The van der Waals surface area contributed by atoms with E-state index in [0.717, 1.165) is 36.1 Å². The number of methoxy groups -OCH3 is 1. The Labute approximate surface area is 175 Å². The van der Waals surface area contributed by atoms with Crippen molar-refractivity contribution in [3.05, 3.63) is 40.3 Å². The summed E-state index contributed by atoms with van der Waals surface area (Å²) < 4.78 is 16.3. The smallest absolute Gasteiger partial charge is 0.341 e. The fourth-order valence-corrected chi connectivity index (χ4v) is 4.71. The molecule has 7 heteroatoms. The lowest BCUT2D eigenvalue weighted by Gasteiger charge is -2.18. The average Bonchev–Trinajstić information content (AvgIpc) is 3.10. The van der Waals surface area contributed by atoms with Crippen molar-refractivity contribution in [3.63, 3.8) is 0 Å². The summed E-state index contributed by atoms with van der Waals surface area (Å²) in [5, 5.41) is 3.49. The molecule has 1 amide bonds. The lowest BCUT2D eigenvalue weighted by atomic mass is 9.95. The normalized spacial score (nSPS) is 13.9. The molecule has 1 atom stereocenters. The lowest BCUT2D eigenvalue weighted by Crippen LogP contribution is -2.32. The maximum Gasteiger partial charge on any atom is 0.341 e. The van der Waals surface area contributed by atoms with Crippen molar-refractivity contribution in [2.24, 2.45) is 0 Å². The summed E-state index contributed by atoms with van der Waals surface area (Å²) in [5.41, 5.74) is 1.54. The first-order valence-electron chi connectivity index (χ1n) is 10.0. The molecular formula is C22H27NO5S. The molecule has 0 bridgehead atoms. The Bertz CT molecular complexity index is 876. The van der Waals surface area contributed by atoms with Crippen molar-refractivity contribution in [3.8, 4) is 11.5 Å². The van der Waals surface area contributed by atoms with Gasteiger partial charge in [-0.05, 0) is 56.7 Å². The average molecular weight is 418 g/mol. The predicted molar refractivity (Wildman–Crippen MR) is 113 cm³/mol. The Morgan fingerprint density at radius 3 is 2.66 bits per heavy atom. The van der Waals surface area contributed by atoms with E-state index >= 15 is 0 Å². The highest BCUT2D eigenvalue weighted by atomic mass is 32.1. The van der Waals surface area contributed by atoms with Crippen molar-refractivity contribution < 1.29 is 23.8 Å². The van der Waals surface area contributed by atoms with Gasteiger partial charge >= 0.3 is 5.97 Å². The van der Waals surface area contributed by atoms with Crippen LogP contribution in [0.25, 0.3) is 0 Å². The van der Waals surface area contributed by atoms with E-state index in [-0.39, 0.29) is 11.9 Å². The van der Waals surface area contributed by atoms with Crippen LogP contribution in [0.2, 0.25) is 0 Å². The van der Waals surface area contributed by atoms with E-state index < -0.39 is 6.10 Å². The van der Waals surface area contributed by atoms with E-state index in [1.807, 2.05) is 19.1 Å². The molecule has 1 aromatic heterocycles. The van der Waals surface area contributed by atoms with Crippen molar-refractivity contribution in [2.45, 2.75) is 52.1 Å². The van der Waals surface area contributed by atoms with Gasteiger partial charge in [0.2, 0.25) is 0 Å². The molecule has 1 heterocycles. The molecule has 0 saturated heterocycles. The predicted octanol–water partition coefficient (Wildman–Crippen LogP) is 4.61. The molecule has 0 saturated carbocycles. The zero-order chi connectivity index (χ0) is 20.8. The van der Waals surface area contributed by atoms with E-state index in [1.54, 1.807) is 26.2 Å². The van der Waals surface area contributed by atoms with E-state index in [2.05, 4.69) is 5.32 Å². The van der Waals surface area contributed by atoms with Crippen molar-refractivity contribution in [1.29, 1.82) is 0 Å². The fourth-order valence-electron chi connectivity index (χ4n) is 3.43. The number of benzene rings is 1. The van der Waals surface area contributed by atoms with Gasteiger partial charge in [0.15, 0.2) is 6.10 Å². The van der Waals surface area contributed by atoms with Gasteiger partial charge in [0.1, 0.15) is 16.5 Å². The summed E-state index contributed by atoms with van der Waals surface area (Å²) >= 11 is 1.48. The molecule has 1 aromatic carbocycles. The highest BCUT2D eigenvalue weighted by Gasteiger charge is 2.29. The molecule has 1 N–H and O–H groups in total. The van der Waals surface area contributed by atoms with Gasteiger partial charge in [-0.2, -0.15) is 0 Å². The van der Waals surface area contributed by atoms with Crippen LogP contribution in [0.4, 0.5) is 5.00 Å². The second kappa shape index (κ2) is 9.78. The second-order valence-electron chi connectivity index (χ2n) is 6.82. The molecule has 0 unspecified atom stereocenters. The van der Waals surface area contributed by atoms with Gasteiger partial charge in [0.25, 0.3) is 5.91 Å². The number of fused-ring (bicyclic) bond motifs is 1. The Hall–Kier alpha value is -2.54. The Kier molecular flexibility index (Phi) is 7.14. The van der Waals surface area contributed by atoms with E-state index in [1.165, 1.54) is 11.3 Å². The molecule has 3 rings (SSSR count). The van der Waals surface area contributed by atoms with Gasteiger partial charge in [-0.25, -0.2) is 4.79 Å². The van der Waals surface area contributed by atoms with Crippen molar-refractivity contribution in [2.75, 3.05) is 19.0 Å². The standard InChI is InChI=1S/C22H27NO5S/c1-4-17(28-15-10-8-9-14(13-15)26-3)20(24)23-21-19(22(25)27-5-2)16-11-6-7-12-18(16)29-21/h8-10,13,17H,4-7,11-12H2,1-3H3,(H,23,24)/t17-/m1/s1. The number of aryl methyl sites for hydroxylation is 1. The number of hydrogen-bond acceptors (Lipinski definition) is 6. The summed E-state index contributed by atoms with van der Waals surface area (Å²) in [6.07, 6.45) is 3.71. The number of rotatable bonds is 8. The van der Waals surface area contributed by atoms with Gasteiger partial charge in [0, 0.05) is 10.9 Å². The molecule has 1 aliphatic carbocycles.